The number of nitrogens with one attached hydrogen (secondary N) is 1. The second-order valence-electron chi connectivity index (χ2n) is 6.44. The summed E-state index contributed by atoms with van der Waals surface area (Å²) in [6, 6.07) is 8.49. The molecule has 1 heterocycles. The molecule has 0 saturated carbocycles. The van der Waals surface area contributed by atoms with Crippen molar-refractivity contribution in [2.75, 3.05) is 31.2 Å². The summed E-state index contributed by atoms with van der Waals surface area (Å²) in [5.74, 6) is -0.546. The van der Waals surface area contributed by atoms with Crippen LogP contribution in [-0.2, 0) is 17.5 Å². The Labute approximate surface area is 164 Å². The number of alkyl halides is 3. The fourth-order valence-electron chi connectivity index (χ4n) is 2.99. The molecule has 0 unspecified atom stereocenters. The van der Waals surface area contributed by atoms with Gasteiger partial charge in [-0.15, -0.1) is 0 Å². The number of non-ortho nitro benzene ring substituents is 1. The molecule has 0 aliphatic carbocycles. The summed E-state index contributed by atoms with van der Waals surface area (Å²) < 4.78 is 43.2. The molecular formula is C19H18F3N3O4. The fourth-order valence-corrected chi connectivity index (χ4v) is 2.99. The summed E-state index contributed by atoms with van der Waals surface area (Å²) in [6.45, 7) is 2.02. The van der Waals surface area contributed by atoms with Crippen molar-refractivity contribution < 1.29 is 27.6 Å². The van der Waals surface area contributed by atoms with E-state index in [1.807, 2.05) is 4.90 Å². The van der Waals surface area contributed by atoms with E-state index in [1.54, 1.807) is 0 Å². The molecule has 0 radical (unpaired) electrons. The number of rotatable bonds is 5. The van der Waals surface area contributed by atoms with Gasteiger partial charge in [-0.1, -0.05) is 12.1 Å². The van der Waals surface area contributed by atoms with E-state index in [0.717, 1.165) is 12.1 Å². The van der Waals surface area contributed by atoms with E-state index in [2.05, 4.69) is 5.32 Å². The van der Waals surface area contributed by atoms with Gasteiger partial charge >= 0.3 is 6.18 Å². The van der Waals surface area contributed by atoms with Gasteiger partial charge in [-0.3, -0.25) is 14.9 Å². The quantitative estimate of drug-likeness (QED) is 0.605. The molecule has 0 aromatic heterocycles. The summed E-state index contributed by atoms with van der Waals surface area (Å²) in [6.07, 6.45) is -4.43. The lowest BCUT2D eigenvalue weighted by Gasteiger charge is -2.30. The Kier molecular flexibility index (Phi) is 6.02. The largest absolute Gasteiger partial charge is 0.416 e. The number of amides is 1. The molecule has 2 aromatic carbocycles. The summed E-state index contributed by atoms with van der Waals surface area (Å²) in [5.41, 5.74) is 0.157. The predicted octanol–water partition coefficient (Wildman–Crippen LogP) is 3.38. The van der Waals surface area contributed by atoms with Crippen LogP contribution in [0.4, 0.5) is 24.5 Å². The molecule has 0 spiro atoms. The molecule has 2 aromatic rings. The third kappa shape index (κ3) is 5.02. The zero-order valence-corrected chi connectivity index (χ0v) is 15.2. The van der Waals surface area contributed by atoms with Gasteiger partial charge in [0.15, 0.2) is 0 Å². The third-order valence-electron chi connectivity index (χ3n) is 4.52. The number of ether oxygens (including phenoxy) is 1. The van der Waals surface area contributed by atoms with Gasteiger partial charge in [0.2, 0.25) is 0 Å². The van der Waals surface area contributed by atoms with Gasteiger partial charge in [0, 0.05) is 31.8 Å². The van der Waals surface area contributed by atoms with Crippen molar-refractivity contribution in [3.63, 3.8) is 0 Å². The Hall–Kier alpha value is -3.14. The first-order valence-corrected chi connectivity index (χ1v) is 8.81. The van der Waals surface area contributed by atoms with E-state index in [-0.39, 0.29) is 17.8 Å². The van der Waals surface area contributed by atoms with Crippen LogP contribution in [0.5, 0.6) is 0 Å². The normalized spacial score (nSPS) is 14.5. The first-order chi connectivity index (χ1) is 13.8. The van der Waals surface area contributed by atoms with Crippen LogP contribution in [0, 0.1) is 10.1 Å². The van der Waals surface area contributed by atoms with Gasteiger partial charge in [0.1, 0.15) is 0 Å². The molecule has 1 N–H and O–H groups in total. The minimum atomic E-state index is -4.43. The number of morpholine rings is 1. The Morgan fingerprint density at radius 1 is 1.14 bits per heavy atom. The van der Waals surface area contributed by atoms with Crippen molar-refractivity contribution in [1.29, 1.82) is 0 Å². The SMILES string of the molecule is O=C(NCc1ccc(C(F)(F)F)cc1)c1cc([N+](=O)[O-])ccc1N1CCOCC1. The molecular weight excluding hydrogens is 391 g/mol. The molecule has 10 heteroatoms. The van der Waals surface area contributed by atoms with Crippen molar-refractivity contribution in [3.05, 3.63) is 69.3 Å². The number of nitro groups is 1. The Morgan fingerprint density at radius 3 is 2.38 bits per heavy atom. The van der Waals surface area contributed by atoms with E-state index in [0.29, 0.717) is 37.6 Å². The van der Waals surface area contributed by atoms with E-state index in [1.165, 1.54) is 30.3 Å². The number of nitro benzene ring substituents is 1. The van der Waals surface area contributed by atoms with Gasteiger partial charge in [-0.05, 0) is 23.8 Å². The molecule has 7 nitrogen and oxygen atoms in total. The number of anilines is 1. The zero-order chi connectivity index (χ0) is 21.0. The standard InChI is InChI=1S/C19H18F3N3O4/c20-19(21,22)14-3-1-13(2-4-14)12-23-18(26)16-11-15(25(27)28)5-6-17(16)24-7-9-29-10-8-24/h1-6,11H,7-10,12H2,(H,23,26). The number of benzene rings is 2. The fraction of sp³-hybridized carbons (Fsp3) is 0.316. The van der Waals surface area contributed by atoms with E-state index in [4.69, 9.17) is 4.74 Å². The molecule has 1 amide bonds. The highest BCUT2D eigenvalue weighted by molar-refractivity contribution is 6.00. The highest BCUT2D eigenvalue weighted by Crippen LogP contribution is 2.29. The maximum atomic E-state index is 12.7. The third-order valence-corrected chi connectivity index (χ3v) is 4.52. The van der Waals surface area contributed by atoms with E-state index < -0.39 is 22.6 Å². The monoisotopic (exact) mass is 409 g/mol. The lowest BCUT2D eigenvalue weighted by Crippen LogP contribution is -2.38. The van der Waals surface area contributed by atoms with E-state index >= 15 is 0 Å². The number of carbonyl (C=O) groups excluding carboxylic acids is 1. The average Bonchev–Trinajstić information content (AvgIpc) is 2.72. The van der Waals surface area contributed by atoms with E-state index in [9.17, 15) is 28.1 Å². The van der Waals surface area contributed by atoms with Crippen molar-refractivity contribution in [3.8, 4) is 0 Å². The molecule has 0 bridgehead atoms. The van der Waals surface area contributed by atoms with Crippen LogP contribution in [0.3, 0.4) is 0 Å². The summed E-state index contributed by atoms with van der Waals surface area (Å²) >= 11 is 0. The molecule has 29 heavy (non-hydrogen) atoms. The van der Waals surface area contributed by atoms with Gasteiger partial charge in [0.25, 0.3) is 11.6 Å². The Morgan fingerprint density at radius 2 is 1.79 bits per heavy atom. The second kappa shape index (κ2) is 8.48. The van der Waals surface area contributed by atoms with Crippen LogP contribution < -0.4 is 10.2 Å². The van der Waals surface area contributed by atoms with Crippen LogP contribution in [-0.4, -0.2) is 37.1 Å². The van der Waals surface area contributed by atoms with Crippen LogP contribution in [0.1, 0.15) is 21.5 Å². The Balaban J connectivity index is 1.78. The van der Waals surface area contributed by atoms with Crippen LogP contribution >= 0.6 is 0 Å². The van der Waals surface area contributed by atoms with Gasteiger partial charge in [0.05, 0.1) is 35.0 Å². The van der Waals surface area contributed by atoms with Crippen LogP contribution in [0.2, 0.25) is 0 Å². The molecule has 1 aliphatic heterocycles. The average molecular weight is 409 g/mol. The molecule has 3 rings (SSSR count). The topological polar surface area (TPSA) is 84.7 Å². The molecule has 154 valence electrons. The van der Waals surface area contributed by atoms with Crippen LogP contribution in [0.15, 0.2) is 42.5 Å². The first-order valence-electron chi connectivity index (χ1n) is 8.81. The molecule has 0 atom stereocenters. The van der Waals surface area contributed by atoms with Crippen molar-refractivity contribution in [2.24, 2.45) is 0 Å². The summed E-state index contributed by atoms with van der Waals surface area (Å²) in [7, 11) is 0. The van der Waals surface area contributed by atoms with Crippen LogP contribution in [0.25, 0.3) is 0 Å². The van der Waals surface area contributed by atoms with Gasteiger partial charge in [-0.2, -0.15) is 13.2 Å². The summed E-state index contributed by atoms with van der Waals surface area (Å²) in [5, 5.41) is 13.7. The van der Waals surface area contributed by atoms with Gasteiger partial charge < -0.3 is 15.0 Å². The molecule has 1 saturated heterocycles. The van der Waals surface area contributed by atoms with Crippen molar-refractivity contribution in [2.45, 2.75) is 12.7 Å². The minimum Gasteiger partial charge on any atom is -0.378 e. The summed E-state index contributed by atoms with van der Waals surface area (Å²) in [4.78, 5) is 25.1. The predicted molar refractivity (Wildman–Crippen MR) is 98.7 cm³/mol. The molecule has 1 fully saturated rings. The maximum absolute atomic E-state index is 12.7. The smallest absolute Gasteiger partial charge is 0.378 e. The Bertz CT molecular complexity index is 895. The van der Waals surface area contributed by atoms with Gasteiger partial charge in [-0.25, -0.2) is 0 Å². The lowest BCUT2D eigenvalue weighted by atomic mass is 10.1. The van der Waals surface area contributed by atoms with Crippen molar-refractivity contribution in [1.82, 2.24) is 5.32 Å². The second-order valence-corrected chi connectivity index (χ2v) is 6.44. The first kappa shape index (κ1) is 20.6. The number of hydrogen-bond acceptors (Lipinski definition) is 5. The minimum absolute atomic E-state index is 0.0117. The number of carbonyl (C=O) groups is 1. The van der Waals surface area contributed by atoms with Crippen molar-refractivity contribution >= 4 is 17.3 Å². The highest BCUT2D eigenvalue weighted by atomic mass is 19.4. The number of halogens is 3. The number of hydrogen-bond donors (Lipinski definition) is 1. The number of nitrogens with zero attached hydrogens (tertiary/aromatic N) is 2. The highest BCUT2D eigenvalue weighted by Gasteiger charge is 2.30. The zero-order valence-electron chi connectivity index (χ0n) is 15.2. The molecule has 1 aliphatic rings. The maximum Gasteiger partial charge on any atom is 0.416 e. The lowest BCUT2D eigenvalue weighted by molar-refractivity contribution is -0.384.